The van der Waals surface area contributed by atoms with Crippen molar-refractivity contribution in [2.45, 2.75) is 18.6 Å². The normalized spacial score (nSPS) is 20.6. The molecule has 2 atom stereocenters. The molecule has 20 heavy (non-hydrogen) atoms. The molecule has 2 amide bonds. The number of methoxy groups -OCH3 is 1. The number of carboxylic acid groups (broad SMARTS) is 1. The average Bonchev–Trinajstić information content (AvgIpc) is 2.38. The minimum atomic E-state index is -0.972. The van der Waals surface area contributed by atoms with Crippen molar-refractivity contribution in [2.24, 2.45) is 0 Å². The highest BCUT2D eigenvalue weighted by Crippen LogP contribution is 2.13. The van der Waals surface area contributed by atoms with Crippen molar-refractivity contribution in [3.05, 3.63) is 0 Å². The zero-order chi connectivity index (χ0) is 15.1. The summed E-state index contributed by atoms with van der Waals surface area (Å²) in [6, 6.07) is -0.787. The molecule has 0 bridgehead atoms. The van der Waals surface area contributed by atoms with Gasteiger partial charge in [0.25, 0.3) is 0 Å². The Kier molecular flexibility index (Phi) is 6.69. The molecule has 1 heterocycles. The molecule has 0 aromatic rings. The van der Waals surface area contributed by atoms with Crippen LogP contribution in [0, 0.1) is 0 Å². The van der Waals surface area contributed by atoms with Gasteiger partial charge in [0.1, 0.15) is 0 Å². The summed E-state index contributed by atoms with van der Waals surface area (Å²) >= 11 is 0. The van der Waals surface area contributed by atoms with Crippen LogP contribution in [-0.2, 0) is 14.3 Å². The first-order chi connectivity index (χ1) is 9.45. The quantitative estimate of drug-likeness (QED) is 0.666. The Morgan fingerprint density at radius 3 is 2.85 bits per heavy atom. The minimum absolute atomic E-state index is 0.129. The lowest BCUT2D eigenvalue weighted by atomic mass is 10.1. The van der Waals surface area contributed by atoms with Crippen LogP contribution in [0.5, 0.6) is 0 Å². The summed E-state index contributed by atoms with van der Waals surface area (Å²) in [6.07, 6.45) is -0.923. The molecule has 1 aliphatic heterocycles. The van der Waals surface area contributed by atoms with Gasteiger partial charge in [0.15, 0.2) is 0 Å². The number of carboxylic acids is 1. The first-order valence-electron chi connectivity index (χ1n) is 6.44. The number of aliphatic hydroxyl groups excluding tert-OH is 1. The van der Waals surface area contributed by atoms with Crippen LogP contribution in [0.15, 0.2) is 0 Å². The molecule has 1 saturated heterocycles. The predicted octanol–water partition coefficient (Wildman–Crippen LogP) is -0.779. The average molecular weight is 290 g/mol. The van der Waals surface area contributed by atoms with E-state index in [0.29, 0.717) is 13.2 Å². The molecular weight excluding hydrogens is 268 g/mol. The number of rotatable bonds is 6. The van der Waals surface area contributed by atoms with Crippen molar-refractivity contribution in [1.29, 1.82) is 0 Å². The van der Waals surface area contributed by atoms with E-state index in [1.165, 1.54) is 16.9 Å². The van der Waals surface area contributed by atoms with E-state index in [9.17, 15) is 14.7 Å². The van der Waals surface area contributed by atoms with E-state index in [4.69, 9.17) is 14.6 Å². The van der Waals surface area contributed by atoms with Crippen molar-refractivity contribution in [1.82, 2.24) is 9.80 Å². The van der Waals surface area contributed by atoms with Crippen LogP contribution in [0.3, 0.4) is 0 Å². The number of hydrogen-bond acceptors (Lipinski definition) is 5. The highest BCUT2D eigenvalue weighted by Gasteiger charge is 2.31. The number of aliphatic carboxylic acids is 1. The molecule has 8 heteroatoms. The third kappa shape index (κ3) is 4.95. The number of morpholine rings is 1. The van der Waals surface area contributed by atoms with E-state index >= 15 is 0 Å². The van der Waals surface area contributed by atoms with Gasteiger partial charge in [-0.05, 0) is 0 Å². The maximum Gasteiger partial charge on any atom is 0.320 e. The van der Waals surface area contributed by atoms with Gasteiger partial charge in [-0.2, -0.15) is 0 Å². The molecule has 1 aliphatic rings. The van der Waals surface area contributed by atoms with Crippen LogP contribution in [0.4, 0.5) is 4.79 Å². The number of carbonyl (C=O) groups is 2. The van der Waals surface area contributed by atoms with E-state index in [2.05, 4.69) is 0 Å². The van der Waals surface area contributed by atoms with Crippen molar-refractivity contribution in [3.63, 3.8) is 0 Å². The molecule has 0 saturated carbocycles. The standard InChI is InChI=1S/C12H22N2O6/c1-13(6-10(15)8-19-2)12(18)14-3-4-20-7-9(14)5-11(16)17/h9-10,15H,3-8H2,1-2H3,(H,16,17). The van der Waals surface area contributed by atoms with Gasteiger partial charge in [0.05, 0.1) is 44.9 Å². The van der Waals surface area contributed by atoms with Crippen molar-refractivity contribution >= 4 is 12.0 Å². The molecule has 0 aromatic heterocycles. The van der Waals surface area contributed by atoms with Crippen molar-refractivity contribution in [3.8, 4) is 0 Å². The molecular formula is C12H22N2O6. The fourth-order valence-electron chi connectivity index (χ4n) is 2.14. The Labute approximate surface area is 117 Å². The maximum absolute atomic E-state index is 12.3. The molecule has 1 rings (SSSR count). The summed E-state index contributed by atoms with van der Waals surface area (Å²) in [5, 5.41) is 18.5. The Morgan fingerprint density at radius 1 is 1.55 bits per heavy atom. The van der Waals surface area contributed by atoms with Gasteiger partial charge in [-0.3, -0.25) is 4.79 Å². The van der Waals surface area contributed by atoms with Crippen LogP contribution in [-0.4, -0.2) is 91.2 Å². The molecule has 0 aliphatic carbocycles. The molecule has 0 radical (unpaired) electrons. The van der Waals surface area contributed by atoms with E-state index in [1.54, 1.807) is 7.05 Å². The summed E-state index contributed by atoms with van der Waals surface area (Å²) in [4.78, 5) is 25.9. The lowest BCUT2D eigenvalue weighted by molar-refractivity contribution is -0.139. The lowest BCUT2D eigenvalue weighted by Gasteiger charge is -2.37. The Bertz CT molecular complexity index is 338. The highest BCUT2D eigenvalue weighted by atomic mass is 16.5. The first kappa shape index (κ1) is 16.7. The molecule has 1 fully saturated rings. The summed E-state index contributed by atoms with van der Waals surface area (Å²) in [5.41, 5.74) is 0. The molecule has 2 unspecified atom stereocenters. The van der Waals surface area contributed by atoms with Crippen LogP contribution >= 0.6 is 0 Å². The molecule has 8 nitrogen and oxygen atoms in total. The number of carbonyl (C=O) groups excluding carboxylic acids is 1. The minimum Gasteiger partial charge on any atom is -0.481 e. The summed E-state index contributed by atoms with van der Waals surface area (Å²) in [6.45, 7) is 1.22. The lowest BCUT2D eigenvalue weighted by Crippen LogP contribution is -2.54. The number of amides is 2. The van der Waals surface area contributed by atoms with Crippen molar-refractivity contribution in [2.75, 3.05) is 47.1 Å². The molecule has 2 N–H and O–H groups in total. The van der Waals surface area contributed by atoms with Crippen molar-refractivity contribution < 1.29 is 29.3 Å². The zero-order valence-electron chi connectivity index (χ0n) is 11.8. The number of likely N-dealkylation sites (N-methyl/N-ethyl adjacent to an activating group) is 1. The van der Waals surface area contributed by atoms with Gasteiger partial charge < -0.3 is 29.5 Å². The number of hydrogen-bond donors (Lipinski definition) is 2. The van der Waals surface area contributed by atoms with Gasteiger partial charge in [0, 0.05) is 20.7 Å². The smallest absolute Gasteiger partial charge is 0.320 e. The second kappa shape index (κ2) is 8.03. The van der Waals surface area contributed by atoms with Gasteiger partial charge in [-0.15, -0.1) is 0 Å². The Morgan fingerprint density at radius 2 is 2.25 bits per heavy atom. The fourth-order valence-corrected chi connectivity index (χ4v) is 2.14. The summed E-state index contributed by atoms with van der Waals surface area (Å²) in [5.74, 6) is -0.972. The number of aliphatic hydroxyl groups is 1. The van der Waals surface area contributed by atoms with E-state index < -0.39 is 18.1 Å². The van der Waals surface area contributed by atoms with E-state index in [-0.39, 0.29) is 32.2 Å². The monoisotopic (exact) mass is 290 g/mol. The predicted molar refractivity (Wildman–Crippen MR) is 69.5 cm³/mol. The highest BCUT2D eigenvalue weighted by molar-refractivity contribution is 5.76. The molecule has 0 spiro atoms. The summed E-state index contributed by atoms with van der Waals surface area (Å²) in [7, 11) is 3.03. The van der Waals surface area contributed by atoms with Gasteiger partial charge in [0.2, 0.25) is 0 Å². The first-order valence-corrected chi connectivity index (χ1v) is 6.44. The Balaban J connectivity index is 2.59. The van der Waals surface area contributed by atoms with Crippen LogP contribution < -0.4 is 0 Å². The third-order valence-electron chi connectivity index (χ3n) is 3.05. The fraction of sp³-hybridized carbons (Fsp3) is 0.833. The van der Waals surface area contributed by atoms with Gasteiger partial charge >= 0.3 is 12.0 Å². The third-order valence-corrected chi connectivity index (χ3v) is 3.05. The Hall–Kier alpha value is -1.38. The topological polar surface area (TPSA) is 99.5 Å². The van der Waals surface area contributed by atoms with Gasteiger partial charge in [-0.1, -0.05) is 0 Å². The second-order valence-electron chi connectivity index (χ2n) is 4.79. The van der Waals surface area contributed by atoms with Crippen LogP contribution in [0.2, 0.25) is 0 Å². The van der Waals surface area contributed by atoms with E-state index in [1.807, 2.05) is 0 Å². The summed E-state index contributed by atoms with van der Waals surface area (Å²) < 4.78 is 10.0. The zero-order valence-corrected chi connectivity index (χ0v) is 11.8. The molecule has 0 aromatic carbocycles. The maximum atomic E-state index is 12.3. The largest absolute Gasteiger partial charge is 0.481 e. The van der Waals surface area contributed by atoms with Crippen LogP contribution in [0.1, 0.15) is 6.42 Å². The van der Waals surface area contributed by atoms with Gasteiger partial charge in [-0.25, -0.2) is 4.79 Å². The number of ether oxygens (including phenoxy) is 2. The SMILES string of the molecule is COCC(O)CN(C)C(=O)N1CCOCC1CC(=O)O. The van der Waals surface area contributed by atoms with E-state index in [0.717, 1.165) is 0 Å². The second-order valence-corrected chi connectivity index (χ2v) is 4.79. The number of nitrogens with zero attached hydrogens (tertiary/aromatic N) is 2. The van der Waals surface area contributed by atoms with Crippen LogP contribution in [0.25, 0.3) is 0 Å². The number of urea groups is 1. The molecule has 116 valence electrons.